The summed E-state index contributed by atoms with van der Waals surface area (Å²) in [5.41, 5.74) is 6.47. The Labute approximate surface area is 496 Å². The predicted molar refractivity (Wildman–Crippen MR) is 332 cm³/mol. The number of aromatic nitrogens is 3. The van der Waals surface area contributed by atoms with Crippen molar-refractivity contribution in [2.24, 2.45) is 0 Å². The third-order valence-electron chi connectivity index (χ3n) is 18.0. The Balaban J connectivity index is 0.000000137. The van der Waals surface area contributed by atoms with Crippen LogP contribution in [-0.4, -0.2) is 155 Å². The summed E-state index contributed by atoms with van der Waals surface area (Å²) in [5, 5.41) is 14.2. The van der Waals surface area contributed by atoms with Gasteiger partial charge in [0.1, 0.15) is 5.78 Å². The molecule has 2 N–H and O–H groups in total. The van der Waals surface area contributed by atoms with E-state index in [2.05, 4.69) is 136 Å². The SMILES string of the molecule is O=C1CCN(Cc2ccccc2)CC1.OC1(c2cccnc2)CCN(Cc2ccccc2)CC1.c1ccc(CN2CCC(OCCN3CCCCC3)(c3cccnc3)CC2)cc1.c1cncc(C2(OCCN3CCCCC3)CCNCC2)c1. The topological polar surface area (TPSA) is 123 Å². The molecule has 9 heterocycles. The molecule has 0 aliphatic carbocycles. The first-order valence-electron chi connectivity index (χ1n) is 31.5. The van der Waals surface area contributed by atoms with Crippen molar-refractivity contribution >= 4 is 5.78 Å². The third kappa shape index (κ3) is 19.7. The van der Waals surface area contributed by atoms with Gasteiger partial charge in [0.25, 0.3) is 0 Å². The average molecular weight is 1130 g/mol. The van der Waals surface area contributed by atoms with Crippen LogP contribution in [0.1, 0.15) is 123 Å². The highest BCUT2D eigenvalue weighted by atomic mass is 16.5. The van der Waals surface area contributed by atoms with Gasteiger partial charge in [-0.25, -0.2) is 0 Å². The van der Waals surface area contributed by atoms with Crippen molar-refractivity contribution in [2.45, 2.75) is 126 Å². The zero-order valence-corrected chi connectivity index (χ0v) is 49.7. The Morgan fingerprint density at radius 1 is 0.410 bits per heavy atom. The number of hydrogen-bond acceptors (Lipinski definition) is 13. The smallest absolute Gasteiger partial charge is 0.135 e. The fraction of sp³-hybridized carbons (Fsp3) is 0.514. The summed E-state index contributed by atoms with van der Waals surface area (Å²) in [4.78, 5) is 36.2. The van der Waals surface area contributed by atoms with Crippen LogP contribution in [0.3, 0.4) is 0 Å². The predicted octanol–water partition coefficient (Wildman–Crippen LogP) is 10.7. The number of aliphatic hydroxyl groups is 1. The molecule has 13 heteroatoms. The molecule has 12 rings (SSSR count). The first-order chi connectivity index (χ1) is 40.8. The van der Waals surface area contributed by atoms with Crippen LogP contribution >= 0.6 is 0 Å². The van der Waals surface area contributed by atoms with Crippen LogP contribution < -0.4 is 5.32 Å². The van der Waals surface area contributed by atoms with E-state index in [0.29, 0.717) is 5.78 Å². The quantitative estimate of drug-likeness (QED) is 0.0902. The van der Waals surface area contributed by atoms with Crippen LogP contribution in [-0.2, 0) is 50.7 Å². The molecule has 6 aromatic rings. The lowest BCUT2D eigenvalue weighted by Crippen LogP contribution is -2.45. The highest BCUT2D eigenvalue weighted by Gasteiger charge is 2.39. The monoisotopic (exact) mass is 1130 g/mol. The molecule has 6 aliphatic heterocycles. The van der Waals surface area contributed by atoms with Crippen LogP contribution in [0.15, 0.2) is 165 Å². The Morgan fingerprint density at radius 2 is 0.783 bits per heavy atom. The molecule has 83 heavy (non-hydrogen) atoms. The maximum Gasteiger partial charge on any atom is 0.135 e. The Kier molecular flexibility index (Phi) is 24.8. The fourth-order valence-electron chi connectivity index (χ4n) is 12.8. The van der Waals surface area contributed by atoms with Gasteiger partial charge in [-0.1, -0.05) is 122 Å². The van der Waals surface area contributed by atoms with Crippen molar-refractivity contribution in [1.29, 1.82) is 0 Å². The van der Waals surface area contributed by atoms with Crippen LogP contribution in [0.2, 0.25) is 0 Å². The summed E-state index contributed by atoms with van der Waals surface area (Å²) >= 11 is 0. The Bertz CT molecular complexity index is 2670. The second-order valence-corrected chi connectivity index (χ2v) is 23.8. The average Bonchev–Trinajstić information content (AvgIpc) is 3.65. The maximum atomic E-state index is 11.0. The number of pyridine rings is 3. The molecule has 0 amide bonds. The normalized spacial score (nSPS) is 20.5. The molecule has 0 bridgehead atoms. The van der Waals surface area contributed by atoms with Crippen LogP contribution in [0, 0.1) is 0 Å². The van der Waals surface area contributed by atoms with E-state index in [1.54, 1.807) is 12.4 Å². The molecule has 0 saturated carbocycles. The van der Waals surface area contributed by atoms with Gasteiger partial charge in [-0.2, -0.15) is 0 Å². The molecule has 0 spiro atoms. The van der Waals surface area contributed by atoms with Crippen molar-refractivity contribution in [1.82, 2.24) is 44.8 Å². The van der Waals surface area contributed by atoms with Crippen molar-refractivity contribution in [3.8, 4) is 0 Å². The number of hydrogen-bond donors (Lipinski definition) is 2. The van der Waals surface area contributed by atoms with E-state index in [9.17, 15) is 9.90 Å². The van der Waals surface area contributed by atoms with Crippen molar-refractivity contribution in [3.63, 3.8) is 0 Å². The van der Waals surface area contributed by atoms with Crippen LogP contribution in [0.25, 0.3) is 0 Å². The maximum absolute atomic E-state index is 11.0. The van der Waals surface area contributed by atoms with Crippen molar-refractivity contribution < 1.29 is 19.4 Å². The number of carbonyl (C=O) groups is 1. The lowest BCUT2D eigenvalue weighted by Gasteiger charge is -2.42. The summed E-state index contributed by atoms with van der Waals surface area (Å²) < 4.78 is 13.1. The Morgan fingerprint density at radius 3 is 1.18 bits per heavy atom. The van der Waals surface area contributed by atoms with E-state index in [1.807, 2.05) is 61.2 Å². The lowest BCUT2D eigenvalue weighted by atomic mass is 9.84. The first-order valence-corrected chi connectivity index (χ1v) is 31.5. The molecule has 0 radical (unpaired) electrons. The highest BCUT2D eigenvalue weighted by Crippen LogP contribution is 2.38. The molecule has 0 unspecified atom stereocenters. The second kappa shape index (κ2) is 33.2. The van der Waals surface area contributed by atoms with E-state index in [4.69, 9.17) is 9.47 Å². The zero-order chi connectivity index (χ0) is 57.1. The van der Waals surface area contributed by atoms with Gasteiger partial charge in [0.15, 0.2) is 0 Å². The molecule has 3 aromatic carbocycles. The van der Waals surface area contributed by atoms with E-state index < -0.39 is 5.60 Å². The van der Waals surface area contributed by atoms with Crippen LogP contribution in [0.4, 0.5) is 0 Å². The van der Waals surface area contributed by atoms with Gasteiger partial charge >= 0.3 is 0 Å². The molecular weight excluding hydrogens is 1030 g/mol. The first kappa shape index (κ1) is 62.0. The molecule has 6 fully saturated rings. The minimum absolute atomic E-state index is 0.130. The van der Waals surface area contributed by atoms with Crippen molar-refractivity contribution in [2.75, 3.05) is 105 Å². The minimum Gasteiger partial charge on any atom is -0.385 e. The second-order valence-electron chi connectivity index (χ2n) is 23.8. The van der Waals surface area contributed by atoms with E-state index in [1.165, 1.54) is 92.5 Å². The molecule has 0 atom stereocenters. The van der Waals surface area contributed by atoms with E-state index in [-0.39, 0.29) is 11.2 Å². The fourth-order valence-corrected chi connectivity index (χ4v) is 12.8. The summed E-state index contributed by atoms with van der Waals surface area (Å²) in [6.07, 6.45) is 26.5. The lowest BCUT2D eigenvalue weighted by molar-refractivity contribution is -0.121. The van der Waals surface area contributed by atoms with Gasteiger partial charge in [-0.3, -0.25) is 34.4 Å². The summed E-state index contributed by atoms with van der Waals surface area (Å²) in [7, 11) is 0. The largest absolute Gasteiger partial charge is 0.385 e. The van der Waals surface area contributed by atoms with E-state index >= 15 is 0 Å². The van der Waals surface area contributed by atoms with E-state index in [0.717, 1.165) is 155 Å². The molecular formula is C70H95N9O4. The number of rotatable bonds is 17. The number of nitrogens with zero attached hydrogens (tertiary/aromatic N) is 8. The van der Waals surface area contributed by atoms with Gasteiger partial charge < -0.3 is 29.7 Å². The number of benzene rings is 3. The number of likely N-dealkylation sites (tertiary alicyclic amines) is 5. The minimum atomic E-state index is -0.707. The zero-order valence-electron chi connectivity index (χ0n) is 49.7. The van der Waals surface area contributed by atoms with Gasteiger partial charge in [-0.15, -0.1) is 0 Å². The number of ether oxygens (including phenoxy) is 2. The van der Waals surface area contributed by atoms with Gasteiger partial charge in [-0.05, 0) is 138 Å². The standard InChI is InChI=1S/C24H33N3O.C17H27N3O.C17H20N2O.C12H15NO/c1-3-8-22(9-4-1)21-27-16-11-24(12-17-27,23-10-7-13-25-20-23)28-19-18-26-14-5-2-6-15-26;1-2-11-20(12-3-1)13-14-21-17(6-9-18-10-7-17)16-5-4-8-19-15-16;20-17(16-7-4-10-18-13-16)8-11-19(12-9-17)14-15-5-2-1-3-6-15;14-12-6-8-13(9-7-12)10-11-4-2-1-3-5-11/h1,3-4,7-10,13,20H,2,5-6,11-12,14-19,21H2;4-5,8,15,18H,1-3,6-7,9-14H2;1-7,10,13,20H,8-9,11-12,14H2;1-5H,6-10H2. The summed E-state index contributed by atoms with van der Waals surface area (Å²) in [6, 6.07) is 44.0. The Hall–Kier alpha value is -5.58. The molecule has 444 valence electrons. The molecule has 6 saturated heterocycles. The van der Waals surface area contributed by atoms with Gasteiger partial charge in [0, 0.05) is 139 Å². The third-order valence-corrected chi connectivity index (χ3v) is 18.0. The number of nitrogens with one attached hydrogen (secondary N) is 1. The molecule has 13 nitrogen and oxygen atoms in total. The molecule has 3 aromatic heterocycles. The number of ketones is 1. The number of carbonyl (C=O) groups excluding carboxylic acids is 1. The summed E-state index contributed by atoms with van der Waals surface area (Å²) in [5.74, 6) is 0.411. The summed E-state index contributed by atoms with van der Waals surface area (Å²) in [6.45, 7) is 19.5. The van der Waals surface area contributed by atoms with Crippen molar-refractivity contribution in [3.05, 3.63) is 198 Å². The van der Waals surface area contributed by atoms with Gasteiger partial charge in [0.2, 0.25) is 0 Å². The number of Topliss-reactive ketones (excluding diaryl/α,β-unsaturated/α-hetero) is 1. The van der Waals surface area contributed by atoms with Crippen LogP contribution in [0.5, 0.6) is 0 Å². The molecule has 6 aliphatic rings. The number of piperidine rings is 6. The highest BCUT2D eigenvalue weighted by molar-refractivity contribution is 5.79. The van der Waals surface area contributed by atoms with Gasteiger partial charge in [0.05, 0.1) is 30.0 Å².